The molecule has 23 heavy (non-hydrogen) atoms. The van der Waals surface area contributed by atoms with Crippen molar-refractivity contribution in [2.24, 2.45) is 0 Å². The molecule has 1 aliphatic rings. The van der Waals surface area contributed by atoms with Gasteiger partial charge in [-0.3, -0.25) is 4.90 Å². The number of nitrogens with one attached hydrogen (secondary N) is 1. The summed E-state index contributed by atoms with van der Waals surface area (Å²) in [6.07, 6.45) is 6.42. The van der Waals surface area contributed by atoms with Gasteiger partial charge in [-0.2, -0.15) is 0 Å². The average Bonchev–Trinajstić information content (AvgIpc) is 3.19. The average molecular weight is 354 g/mol. The molecule has 3 heterocycles. The zero-order chi connectivity index (χ0) is 16.1. The molecule has 2 aromatic heterocycles. The van der Waals surface area contributed by atoms with E-state index in [9.17, 15) is 8.42 Å². The van der Waals surface area contributed by atoms with Crippen molar-refractivity contribution in [2.75, 3.05) is 19.6 Å². The fourth-order valence-electron chi connectivity index (χ4n) is 2.97. The first-order valence-electron chi connectivity index (χ1n) is 7.97. The molecule has 3 rings (SSSR count). The molecule has 0 aromatic carbocycles. The molecule has 0 spiro atoms. The third-order valence-electron chi connectivity index (χ3n) is 4.18. The predicted octanol–water partition coefficient (Wildman–Crippen LogP) is 3.24. The zero-order valence-electron chi connectivity index (χ0n) is 13.0. The monoisotopic (exact) mass is 354 g/mol. The fourth-order valence-corrected chi connectivity index (χ4v) is 5.05. The highest BCUT2D eigenvalue weighted by atomic mass is 32.2. The first-order chi connectivity index (χ1) is 11.2. The third-order valence-corrected chi connectivity index (χ3v) is 7.00. The maximum absolute atomic E-state index is 12.4. The number of furan rings is 1. The van der Waals surface area contributed by atoms with Gasteiger partial charge in [-0.25, -0.2) is 13.1 Å². The van der Waals surface area contributed by atoms with Crippen LogP contribution in [0, 0.1) is 0 Å². The van der Waals surface area contributed by atoms with E-state index < -0.39 is 10.0 Å². The van der Waals surface area contributed by atoms with Gasteiger partial charge in [0.15, 0.2) is 0 Å². The Morgan fingerprint density at radius 3 is 2.57 bits per heavy atom. The summed E-state index contributed by atoms with van der Waals surface area (Å²) in [5.41, 5.74) is 0. The Hall–Kier alpha value is -1.15. The van der Waals surface area contributed by atoms with Gasteiger partial charge in [-0.05, 0) is 49.5 Å². The van der Waals surface area contributed by atoms with Crippen LogP contribution in [0.15, 0.2) is 44.5 Å². The first kappa shape index (κ1) is 16.7. The number of nitrogens with zero attached hydrogens (tertiary/aromatic N) is 1. The maximum Gasteiger partial charge on any atom is 0.250 e. The molecule has 0 radical (unpaired) electrons. The van der Waals surface area contributed by atoms with Crippen LogP contribution in [0.2, 0.25) is 0 Å². The quantitative estimate of drug-likeness (QED) is 0.865. The van der Waals surface area contributed by atoms with Crippen molar-refractivity contribution < 1.29 is 12.8 Å². The number of likely N-dealkylation sites (tertiary alicyclic amines) is 1. The van der Waals surface area contributed by atoms with Crippen molar-refractivity contribution in [1.29, 1.82) is 0 Å². The topological polar surface area (TPSA) is 62.6 Å². The Morgan fingerprint density at radius 1 is 1.17 bits per heavy atom. The van der Waals surface area contributed by atoms with Gasteiger partial charge < -0.3 is 4.42 Å². The predicted molar refractivity (Wildman–Crippen MR) is 91.0 cm³/mol. The number of rotatable bonds is 6. The highest BCUT2D eigenvalue weighted by Crippen LogP contribution is 2.25. The molecule has 7 heteroatoms. The van der Waals surface area contributed by atoms with E-state index in [0.29, 0.717) is 10.8 Å². The molecule has 1 aliphatic heterocycles. The summed E-state index contributed by atoms with van der Waals surface area (Å²) in [6, 6.07) is 7.10. The zero-order valence-corrected chi connectivity index (χ0v) is 14.6. The second kappa shape index (κ2) is 7.61. The molecule has 126 valence electrons. The third kappa shape index (κ3) is 4.23. The van der Waals surface area contributed by atoms with Crippen LogP contribution in [0.1, 0.15) is 37.5 Å². The van der Waals surface area contributed by atoms with E-state index in [1.165, 1.54) is 24.2 Å². The van der Waals surface area contributed by atoms with Crippen LogP contribution < -0.4 is 4.72 Å². The van der Waals surface area contributed by atoms with Crippen LogP contribution >= 0.6 is 11.3 Å². The number of hydrogen-bond acceptors (Lipinski definition) is 5. The van der Waals surface area contributed by atoms with Crippen LogP contribution in [0.3, 0.4) is 0 Å². The van der Waals surface area contributed by atoms with Crippen molar-refractivity contribution in [2.45, 2.75) is 35.9 Å². The lowest BCUT2D eigenvalue weighted by atomic mass is 10.2. The molecular weight excluding hydrogens is 332 g/mol. The largest absolute Gasteiger partial charge is 0.468 e. The molecule has 1 atom stereocenters. The van der Waals surface area contributed by atoms with E-state index >= 15 is 0 Å². The first-order valence-corrected chi connectivity index (χ1v) is 10.3. The van der Waals surface area contributed by atoms with Crippen molar-refractivity contribution >= 4 is 21.4 Å². The Kier molecular flexibility index (Phi) is 5.53. The van der Waals surface area contributed by atoms with E-state index in [4.69, 9.17) is 4.42 Å². The van der Waals surface area contributed by atoms with Gasteiger partial charge in [-0.15, -0.1) is 11.3 Å². The molecule has 1 fully saturated rings. The summed E-state index contributed by atoms with van der Waals surface area (Å²) in [5, 5.41) is 1.77. The highest BCUT2D eigenvalue weighted by molar-refractivity contribution is 7.91. The maximum atomic E-state index is 12.4. The minimum atomic E-state index is -3.45. The Morgan fingerprint density at radius 2 is 1.96 bits per heavy atom. The van der Waals surface area contributed by atoms with Crippen molar-refractivity contribution in [3.05, 3.63) is 41.7 Å². The smallest absolute Gasteiger partial charge is 0.250 e. The van der Waals surface area contributed by atoms with E-state index in [0.717, 1.165) is 31.7 Å². The molecule has 1 unspecified atom stereocenters. The fraction of sp³-hybridized carbons (Fsp3) is 0.500. The minimum Gasteiger partial charge on any atom is -0.468 e. The van der Waals surface area contributed by atoms with Crippen molar-refractivity contribution in [3.8, 4) is 0 Å². The molecule has 2 aromatic rings. The van der Waals surface area contributed by atoms with Gasteiger partial charge >= 0.3 is 0 Å². The lowest BCUT2D eigenvalue weighted by molar-refractivity contribution is 0.182. The molecular formula is C16H22N2O3S2. The molecule has 0 amide bonds. The molecule has 0 aliphatic carbocycles. The molecule has 1 saturated heterocycles. The standard InChI is InChI=1S/C16H22N2O3S2/c19-23(20,16-8-6-12-22-16)17-13-14(15-7-5-11-21-15)18-9-3-1-2-4-10-18/h5-8,11-12,14,17H,1-4,9-10,13H2. The molecule has 0 saturated carbocycles. The summed E-state index contributed by atoms with van der Waals surface area (Å²) in [6.45, 7) is 2.28. The highest BCUT2D eigenvalue weighted by Gasteiger charge is 2.26. The Balaban J connectivity index is 1.74. The SMILES string of the molecule is O=S(=O)(NCC(c1ccco1)N1CCCCCC1)c1cccs1. The second-order valence-electron chi connectivity index (χ2n) is 5.77. The summed E-state index contributed by atoms with van der Waals surface area (Å²) >= 11 is 1.23. The summed E-state index contributed by atoms with van der Waals surface area (Å²) < 4.78 is 33.4. The van der Waals surface area contributed by atoms with Crippen molar-refractivity contribution in [1.82, 2.24) is 9.62 Å². The summed E-state index contributed by atoms with van der Waals surface area (Å²) in [7, 11) is -3.45. The van der Waals surface area contributed by atoms with Crippen LogP contribution in [0.4, 0.5) is 0 Å². The molecule has 0 bridgehead atoms. The second-order valence-corrected chi connectivity index (χ2v) is 8.71. The van der Waals surface area contributed by atoms with Gasteiger partial charge in [0.25, 0.3) is 0 Å². The van der Waals surface area contributed by atoms with E-state index in [-0.39, 0.29) is 6.04 Å². The minimum absolute atomic E-state index is 0.0576. The Labute approximate surface area is 141 Å². The normalized spacial score (nSPS) is 18.6. The molecule has 5 nitrogen and oxygen atoms in total. The van der Waals surface area contributed by atoms with Gasteiger partial charge in [0.1, 0.15) is 9.97 Å². The van der Waals surface area contributed by atoms with Crippen LogP contribution in [-0.4, -0.2) is 33.0 Å². The van der Waals surface area contributed by atoms with E-state index in [2.05, 4.69) is 9.62 Å². The van der Waals surface area contributed by atoms with E-state index in [1.54, 1.807) is 23.8 Å². The number of hydrogen-bond donors (Lipinski definition) is 1. The van der Waals surface area contributed by atoms with Gasteiger partial charge in [0.2, 0.25) is 10.0 Å². The lowest BCUT2D eigenvalue weighted by Gasteiger charge is -2.29. The lowest BCUT2D eigenvalue weighted by Crippen LogP contribution is -2.38. The summed E-state index contributed by atoms with van der Waals surface area (Å²) in [4.78, 5) is 2.34. The molecule has 1 N–H and O–H groups in total. The number of sulfonamides is 1. The van der Waals surface area contributed by atoms with Crippen LogP contribution in [0.25, 0.3) is 0 Å². The van der Waals surface area contributed by atoms with E-state index in [1.807, 2.05) is 12.1 Å². The van der Waals surface area contributed by atoms with Crippen LogP contribution in [0.5, 0.6) is 0 Å². The van der Waals surface area contributed by atoms with Crippen molar-refractivity contribution in [3.63, 3.8) is 0 Å². The summed E-state index contributed by atoms with van der Waals surface area (Å²) in [5.74, 6) is 0.820. The van der Waals surface area contributed by atoms with Gasteiger partial charge in [-0.1, -0.05) is 18.9 Å². The van der Waals surface area contributed by atoms with Gasteiger partial charge in [0, 0.05) is 6.54 Å². The number of thiophene rings is 1. The van der Waals surface area contributed by atoms with Crippen LogP contribution in [-0.2, 0) is 10.0 Å². The Bertz CT molecular complexity index is 673. The van der Waals surface area contributed by atoms with Gasteiger partial charge in [0.05, 0.1) is 12.3 Å².